The molecular formula is C11H25NO3. The number of hydrogen-bond donors (Lipinski definition) is 3. The van der Waals surface area contributed by atoms with Crippen molar-refractivity contribution in [2.24, 2.45) is 11.1 Å². The van der Waals surface area contributed by atoms with Gasteiger partial charge >= 0.3 is 0 Å². The van der Waals surface area contributed by atoms with Crippen LogP contribution in [0.4, 0.5) is 0 Å². The van der Waals surface area contributed by atoms with E-state index < -0.39 is 11.7 Å². The molecule has 0 aromatic carbocycles. The molecule has 4 N–H and O–H groups in total. The van der Waals surface area contributed by atoms with E-state index in [1.54, 1.807) is 0 Å². The summed E-state index contributed by atoms with van der Waals surface area (Å²) in [6, 6.07) is 0. The number of rotatable bonds is 4. The zero-order chi connectivity index (χ0) is 12.7. The molecule has 0 aliphatic carbocycles. The van der Waals surface area contributed by atoms with Crippen molar-refractivity contribution in [3.63, 3.8) is 0 Å². The number of carboxylic acids is 1. The van der Waals surface area contributed by atoms with Crippen LogP contribution in [0.1, 0.15) is 53.9 Å². The Balaban J connectivity index is 0. The average Bonchev–Trinajstić information content (AvgIpc) is 2.15. The Morgan fingerprint density at radius 3 is 1.53 bits per heavy atom. The Morgan fingerprint density at radius 1 is 1.20 bits per heavy atom. The van der Waals surface area contributed by atoms with Crippen LogP contribution in [0.2, 0.25) is 0 Å². The van der Waals surface area contributed by atoms with E-state index in [2.05, 4.69) is 13.8 Å². The van der Waals surface area contributed by atoms with Crippen LogP contribution in [0.3, 0.4) is 0 Å². The Bertz CT molecular complexity index is 182. The van der Waals surface area contributed by atoms with Gasteiger partial charge in [-0.2, -0.15) is 0 Å². The summed E-state index contributed by atoms with van der Waals surface area (Å²) in [5.41, 5.74) is 4.63. The second-order valence-electron chi connectivity index (χ2n) is 4.06. The maximum absolute atomic E-state index is 9.82. The summed E-state index contributed by atoms with van der Waals surface area (Å²) >= 11 is 0. The SMILES string of the molecule is CC(=O)O.CCC(N)(O)C(C)(CC)CC. The van der Waals surface area contributed by atoms with Gasteiger partial charge in [-0.05, 0) is 19.3 Å². The third kappa shape index (κ3) is 5.74. The topological polar surface area (TPSA) is 83.5 Å². The third-order valence-electron chi connectivity index (χ3n) is 3.14. The summed E-state index contributed by atoms with van der Waals surface area (Å²) in [4.78, 5) is 9.00. The highest BCUT2D eigenvalue weighted by Crippen LogP contribution is 2.36. The van der Waals surface area contributed by atoms with Crippen LogP contribution in [-0.2, 0) is 4.79 Å². The molecule has 0 aliphatic rings. The zero-order valence-electron chi connectivity index (χ0n) is 10.5. The Hall–Kier alpha value is -0.610. The fourth-order valence-electron chi connectivity index (χ4n) is 1.29. The summed E-state index contributed by atoms with van der Waals surface area (Å²) in [7, 11) is 0. The fraction of sp³-hybridized carbons (Fsp3) is 0.909. The van der Waals surface area contributed by atoms with Crippen molar-refractivity contribution in [3.8, 4) is 0 Å². The van der Waals surface area contributed by atoms with Crippen molar-refractivity contribution in [2.75, 3.05) is 0 Å². The standard InChI is InChI=1S/C9H21NO.C2H4O2/c1-5-8(4,6-2)9(10,11)7-3;1-2(3)4/h11H,5-7,10H2,1-4H3;1H3,(H,3,4). The summed E-state index contributed by atoms with van der Waals surface area (Å²) < 4.78 is 0. The van der Waals surface area contributed by atoms with Crippen molar-refractivity contribution in [1.82, 2.24) is 0 Å². The van der Waals surface area contributed by atoms with Gasteiger partial charge in [0.15, 0.2) is 0 Å². The maximum atomic E-state index is 9.82. The predicted molar refractivity (Wildman–Crippen MR) is 61.4 cm³/mol. The monoisotopic (exact) mass is 219 g/mol. The van der Waals surface area contributed by atoms with Crippen molar-refractivity contribution < 1.29 is 15.0 Å². The van der Waals surface area contributed by atoms with E-state index in [0.29, 0.717) is 6.42 Å². The summed E-state index contributed by atoms with van der Waals surface area (Å²) in [5.74, 6) is -0.833. The van der Waals surface area contributed by atoms with E-state index in [1.807, 2.05) is 13.8 Å². The number of carboxylic acid groups (broad SMARTS) is 1. The minimum Gasteiger partial charge on any atom is -0.481 e. The molecule has 0 aromatic heterocycles. The van der Waals surface area contributed by atoms with Crippen LogP contribution in [-0.4, -0.2) is 21.9 Å². The number of carbonyl (C=O) groups is 1. The lowest BCUT2D eigenvalue weighted by atomic mass is 9.74. The van der Waals surface area contributed by atoms with Crippen LogP contribution in [0.25, 0.3) is 0 Å². The molecule has 4 nitrogen and oxygen atoms in total. The highest BCUT2D eigenvalue weighted by atomic mass is 16.4. The highest BCUT2D eigenvalue weighted by Gasteiger charge is 2.39. The molecule has 0 bridgehead atoms. The van der Waals surface area contributed by atoms with Gasteiger partial charge in [-0.15, -0.1) is 0 Å². The lowest BCUT2D eigenvalue weighted by Gasteiger charge is -2.40. The van der Waals surface area contributed by atoms with Gasteiger partial charge in [0.1, 0.15) is 5.72 Å². The van der Waals surface area contributed by atoms with Crippen LogP contribution >= 0.6 is 0 Å². The van der Waals surface area contributed by atoms with Gasteiger partial charge in [0.2, 0.25) is 0 Å². The first kappa shape index (κ1) is 16.8. The number of aliphatic hydroxyl groups is 1. The van der Waals surface area contributed by atoms with Gasteiger partial charge < -0.3 is 15.9 Å². The summed E-state index contributed by atoms with van der Waals surface area (Å²) in [5, 5.41) is 17.2. The quantitative estimate of drug-likeness (QED) is 0.631. The van der Waals surface area contributed by atoms with E-state index >= 15 is 0 Å². The van der Waals surface area contributed by atoms with Crippen molar-refractivity contribution in [2.45, 2.75) is 59.6 Å². The van der Waals surface area contributed by atoms with Gasteiger partial charge in [0.05, 0.1) is 0 Å². The smallest absolute Gasteiger partial charge is 0.300 e. The van der Waals surface area contributed by atoms with Crippen LogP contribution in [0.15, 0.2) is 0 Å². The normalized spacial score (nSPS) is 14.9. The van der Waals surface area contributed by atoms with E-state index in [0.717, 1.165) is 19.8 Å². The van der Waals surface area contributed by atoms with Gasteiger partial charge in [-0.3, -0.25) is 4.79 Å². The van der Waals surface area contributed by atoms with Crippen LogP contribution in [0, 0.1) is 5.41 Å². The Morgan fingerprint density at radius 2 is 1.47 bits per heavy atom. The minimum absolute atomic E-state index is 0.137. The summed E-state index contributed by atoms with van der Waals surface area (Å²) in [6.45, 7) is 9.17. The van der Waals surface area contributed by atoms with E-state index in [-0.39, 0.29) is 5.41 Å². The molecule has 0 saturated heterocycles. The second-order valence-corrected chi connectivity index (χ2v) is 4.06. The molecule has 0 radical (unpaired) electrons. The van der Waals surface area contributed by atoms with Gasteiger partial charge in [-0.25, -0.2) is 0 Å². The first-order valence-electron chi connectivity index (χ1n) is 5.37. The summed E-state index contributed by atoms with van der Waals surface area (Å²) in [6.07, 6.45) is 2.46. The Labute approximate surface area is 92.5 Å². The maximum Gasteiger partial charge on any atom is 0.300 e. The fourth-order valence-corrected chi connectivity index (χ4v) is 1.29. The number of hydrogen-bond acceptors (Lipinski definition) is 3. The lowest BCUT2D eigenvalue weighted by Crippen LogP contribution is -2.53. The second kappa shape index (κ2) is 6.80. The molecule has 92 valence electrons. The first-order valence-corrected chi connectivity index (χ1v) is 5.37. The van der Waals surface area contributed by atoms with Crippen molar-refractivity contribution >= 4 is 5.97 Å². The Kier molecular flexibility index (Phi) is 7.62. The van der Waals surface area contributed by atoms with Crippen molar-refractivity contribution in [1.29, 1.82) is 0 Å². The molecule has 0 amide bonds. The molecule has 0 saturated carbocycles. The van der Waals surface area contributed by atoms with E-state index in [9.17, 15) is 5.11 Å². The van der Waals surface area contributed by atoms with E-state index in [4.69, 9.17) is 15.6 Å². The van der Waals surface area contributed by atoms with Gasteiger partial charge in [0.25, 0.3) is 5.97 Å². The molecule has 0 aromatic rings. The first-order chi connectivity index (χ1) is 6.66. The van der Waals surface area contributed by atoms with Gasteiger partial charge in [0, 0.05) is 12.3 Å². The molecule has 0 aliphatic heterocycles. The lowest BCUT2D eigenvalue weighted by molar-refractivity contribution is -0.134. The molecular weight excluding hydrogens is 194 g/mol. The number of aliphatic carboxylic acids is 1. The highest BCUT2D eigenvalue weighted by molar-refractivity contribution is 5.62. The van der Waals surface area contributed by atoms with E-state index in [1.165, 1.54) is 0 Å². The van der Waals surface area contributed by atoms with Crippen molar-refractivity contribution in [3.05, 3.63) is 0 Å². The molecule has 1 atom stereocenters. The molecule has 0 rings (SSSR count). The molecule has 4 heteroatoms. The average molecular weight is 219 g/mol. The largest absolute Gasteiger partial charge is 0.481 e. The molecule has 15 heavy (non-hydrogen) atoms. The number of nitrogens with two attached hydrogens (primary N) is 1. The van der Waals surface area contributed by atoms with Crippen LogP contribution in [0.5, 0.6) is 0 Å². The molecule has 0 heterocycles. The molecule has 0 fully saturated rings. The molecule has 0 spiro atoms. The van der Waals surface area contributed by atoms with Gasteiger partial charge in [-0.1, -0.05) is 27.7 Å². The van der Waals surface area contributed by atoms with Crippen LogP contribution < -0.4 is 5.73 Å². The minimum atomic E-state index is -1.00. The zero-order valence-corrected chi connectivity index (χ0v) is 10.5. The predicted octanol–water partition coefficient (Wildman–Crippen LogP) is 1.96. The molecule has 1 unspecified atom stereocenters. The third-order valence-corrected chi connectivity index (χ3v) is 3.14.